The summed E-state index contributed by atoms with van der Waals surface area (Å²) in [5, 5.41) is 1.72. The van der Waals surface area contributed by atoms with E-state index in [1.54, 1.807) is 48.3 Å². The lowest BCUT2D eigenvalue weighted by Gasteiger charge is -2.29. The fourth-order valence-electron chi connectivity index (χ4n) is 4.81. The molecule has 4 aromatic rings. The molecule has 1 heterocycles. The molecule has 42 heavy (non-hydrogen) atoms. The van der Waals surface area contributed by atoms with Crippen molar-refractivity contribution in [3.63, 3.8) is 0 Å². The average Bonchev–Trinajstić information content (AvgIpc) is 3.41. The first-order valence-corrected chi connectivity index (χ1v) is 14.3. The third-order valence-corrected chi connectivity index (χ3v) is 7.19. The highest BCUT2D eigenvalue weighted by Crippen LogP contribution is 2.28. The van der Waals surface area contributed by atoms with E-state index in [0.717, 1.165) is 22.0 Å². The van der Waals surface area contributed by atoms with Crippen molar-refractivity contribution in [2.24, 2.45) is 5.92 Å². The molecular weight excluding hydrogens is 554 g/mol. The molecule has 0 aliphatic rings. The number of carbonyl (C=O) groups is 2. The van der Waals surface area contributed by atoms with E-state index in [0.29, 0.717) is 48.3 Å². The van der Waals surface area contributed by atoms with Crippen LogP contribution in [-0.2, 0) is 22.6 Å². The smallest absolute Gasteiger partial charge is 0.260 e. The van der Waals surface area contributed by atoms with Gasteiger partial charge in [-0.15, -0.1) is 0 Å². The molecule has 0 saturated carbocycles. The number of aromatic amines is 1. The minimum atomic E-state index is -0.255. The topological polar surface area (TPSA) is 84.1 Å². The van der Waals surface area contributed by atoms with Gasteiger partial charge in [-0.25, -0.2) is 0 Å². The van der Waals surface area contributed by atoms with Gasteiger partial charge in [0.05, 0.1) is 20.8 Å². The summed E-state index contributed by atoms with van der Waals surface area (Å²) >= 11 is 5.96. The Kier molecular flexibility index (Phi) is 10.7. The summed E-state index contributed by atoms with van der Waals surface area (Å²) in [6.45, 7) is 5.06. The molecule has 222 valence electrons. The zero-order chi connectivity index (χ0) is 30.1. The largest absolute Gasteiger partial charge is 0.493 e. The second-order valence-corrected chi connectivity index (χ2v) is 11.0. The molecule has 3 aromatic carbocycles. The highest BCUT2D eigenvalue weighted by Gasteiger charge is 2.23. The molecule has 4 rings (SSSR count). The van der Waals surface area contributed by atoms with Crippen molar-refractivity contribution in [1.82, 2.24) is 14.8 Å². The van der Waals surface area contributed by atoms with Crippen molar-refractivity contribution >= 4 is 34.3 Å². The number of benzene rings is 3. The highest BCUT2D eigenvalue weighted by molar-refractivity contribution is 6.30. The van der Waals surface area contributed by atoms with Crippen LogP contribution in [0.3, 0.4) is 0 Å². The van der Waals surface area contributed by atoms with Crippen LogP contribution >= 0.6 is 11.6 Å². The Bertz CT molecular complexity index is 1480. The van der Waals surface area contributed by atoms with E-state index in [2.05, 4.69) is 11.1 Å². The Balaban J connectivity index is 1.52. The molecule has 0 unspecified atom stereocenters. The minimum Gasteiger partial charge on any atom is -0.493 e. The van der Waals surface area contributed by atoms with Crippen molar-refractivity contribution in [3.8, 4) is 17.2 Å². The van der Waals surface area contributed by atoms with Gasteiger partial charge in [-0.05, 0) is 65.9 Å². The maximum Gasteiger partial charge on any atom is 0.260 e. The maximum atomic E-state index is 13.9. The van der Waals surface area contributed by atoms with E-state index >= 15 is 0 Å². The molecule has 0 bridgehead atoms. The molecule has 0 aliphatic carbocycles. The summed E-state index contributed by atoms with van der Waals surface area (Å²) in [5.41, 5.74) is 3.08. The zero-order valence-electron chi connectivity index (χ0n) is 24.6. The first-order chi connectivity index (χ1) is 20.3. The Morgan fingerprint density at radius 2 is 1.64 bits per heavy atom. The number of rotatable bonds is 14. The summed E-state index contributed by atoms with van der Waals surface area (Å²) in [7, 11) is 3.18. The second kappa shape index (κ2) is 14.6. The van der Waals surface area contributed by atoms with Gasteiger partial charge in [-0.3, -0.25) is 9.59 Å². The number of nitrogens with one attached hydrogen (secondary N) is 1. The number of hydrogen-bond acceptors (Lipinski definition) is 5. The number of ether oxygens (including phenoxy) is 3. The first kappa shape index (κ1) is 30.8. The molecule has 0 fully saturated rings. The van der Waals surface area contributed by atoms with Gasteiger partial charge in [0.1, 0.15) is 5.75 Å². The molecule has 0 atom stereocenters. The third-order valence-electron chi connectivity index (χ3n) is 6.94. The number of amides is 2. The SMILES string of the molecule is COc1ccc(CN(CCc2c[nH]c3ccccc23)C(=O)CN(CC(C)C)C(=O)COc2ccc(Cl)cc2)cc1OC. The van der Waals surface area contributed by atoms with Gasteiger partial charge in [0.2, 0.25) is 5.91 Å². The number of H-pyrrole nitrogens is 1. The van der Waals surface area contributed by atoms with Crippen LogP contribution in [-0.4, -0.2) is 67.1 Å². The van der Waals surface area contributed by atoms with Gasteiger partial charge < -0.3 is 29.0 Å². The van der Waals surface area contributed by atoms with Crippen LogP contribution in [0.2, 0.25) is 5.02 Å². The Morgan fingerprint density at radius 3 is 2.36 bits per heavy atom. The summed E-state index contributed by atoms with van der Waals surface area (Å²) in [5.74, 6) is 1.52. The summed E-state index contributed by atoms with van der Waals surface area (Å²) in [6, 6.07) is 20.6. The monoisotopic (exact) mass is 591 g/mol. The molecule has 1 aromatic heterocycles. The van der Waals surface area contributed by atoms with E-state index in [1.165, 1.54) is 0 Å². The zero-order valence-corrected chi connectivity index (χ0v) is 25.3. The van der Waals surface area contributed by atoms with Gasteiger partial charge in [0.25, 0.3) is 5.91 Å². The lowest BCUT2D eigenvalue weighted by molar-refractivity contribution is -0.142. The maximum absolute atomic E-state index is 13.9. The highest BCUT2D eigenvalue weighted by atomic mass is 35.5. The van der Waals surface area contributed by atoms with Crippen molar-refractivity contribution in [2.45, 2.75) is 26.8 Å². The number of carbonyl (C=O) groups excluding carboxylic acids is 2. The van der Waals surface area contributed by atoms with Crippen LogP contribution in [0.15, 0.2) is 72.9 Å². The van der Waals surface area contributed by atoms with Crippen LogP contribution in [0, 0.1) is 5.92 Å². The number of para-hydroxylation sites is 1. The molecule has 0 radical (unpaired) electrons. The van der Waals surface area contributed by atoms with Gasteiger partial charge in [-0.1, -0.05) is 49.7 Å². The van der Waals surface area contributed by atoms with Crippen LogP contribution in [0.1, 0.15) is 25.0 Å². The lowest BCUT2D eigenvalue weighted by atomic mass is 10.1. The molecular formula is C33H38ClN3O5. The number of methoxy groups -OCH3 is 2. The van der Waals surface area contributed by atoms with Crippen molar-refractivity contribution in [1.29, 1.82) is 0 Å². The summed E-state index contributed by atoms with van der Waals surface area (Å²) < 4.78 is 16.6. The summed E-state index contributed by atoms with van der Waals surface area (Å²) in [6.07, 6.45) is 2.65. The van der Waals surface area contributed by atoms with Gasteiger partial charge >= 0.3 is 0 Å². The van der Waals surface area contributed by atoms with E-state index in [1.807, 2.05) is 56.4 Å². The predicted octanol–water partition coefficient (Wildman–Crippen LogP) is 5.97. The van der Waals surface area contributed by atoms with E-state index in [4.69, 9.17) is 25.8 Å². The molecule has 0 aliphatic heterocycles. The standard InChI is InChI=1S/C33H38ClN3O5/c1-23(2)19-37(33(39)22-42-27-12-10-26(34)11-13-27)21-32(38)36(20-24-9-14-30(40-3)31(17-24)41-4)16-15-25-18-35-29-8-6-5-7-28(25)29/h5-14,17-18,23,35H,15-16,19-22H2,1-4H3. The summed E-state index contributed by atoms with van der Waals surface area (Å²) in [4.78, 5) is 33.8. The van der Waals surface area contributed by atoms with Crippen LogP contribution in [0.5, 0.6) is 17.2 Å². The Morgan fingerprint density at radius 1 is 0.905 bits per heavy atom. The van der Waals surface area contributed by atoms with E-state index in [-0.39, 0.29) is 30.9 Å². The van der Waals surface area contributed by atoms with Gasteiger partial charge in [0, 0.05) is 41.8 Å². The number of nitrogens with zero attached hydrogens (tertiary/aromatic N) is 2. The first-order valence-electron chi connectivity index (χ1n) is 14.0. The molecule has 2 amide bonds. The van der Waals surface area contributed by atoms with Crippen LogP contribution in [0.25, 0.3) is 10.9 Å². The van der Waals surface area contributed by atoms with Crippen molar-refractivity contribution < 1.29 is 23.8 Å². The van der Waals surface area contributed by atoms with E-state index in [9.17, 15) is 9.59 Å². The number of hydrogen-bond donors (Lipinski definition) is 1. The minimum absolute atomic E-state index is 0.0534. The fourth-order valence-corrected chi connectivity index (χ4v) is 4.94. The molecule has 0 saturated heterocycles. The molecule has 1 N–H and O–H groups in total. The van der Waals surface area contributed by atoms with Crippen molar-refractivity contribution in [2.75, 3.05) is 40.5 Å². The van der Waals surface area contributed by atoms with E-state index < -0.39 is 0 Å². The Hall–Kier alpha value is -4.17. The third kappa shape index (κ3) is 8.19. The molecule has 8 nitrogen and oxygen atoms in total. The lowest BCUT2D eigenvalue weighted by Crippen LogP contribution is -2.46. The van der Waals surface area contributed by atoms with Crippen LogP contribution in [0.4, 0.5) is 0 Å². The molecule has 0 spiro atoms. The normalized spacial score (nSPS) is 11.0. The quantitative estimate of drug-likeness (QED) is 0.195. The Labute approximate surface area is 252 Å². The fraction of sp³-hybridized carbons (Fsp3) is 0.333. The van der Waals surface area contributed by atoms with Gasteiger partial charge in [-0.2, -0.15) is 0 Å². The van der Waals surface area contributed by atoms with Crippen LogP contribution < -0.4 is 14.2 Å². The average molecular weight is 592 g/mol. The number of halogens is 1. The second-order valence-electron chi connectivity index (χ2n) is 10.5. The van der Waals surface area contributed by atoms with Crippen molar-refractivity contribution in [3.05, 3.63) is 89.1 Å². The van der Waals surface area contributed by atoms with Gasteiger partial charge in [0.15, 0.2) is 18.1 Å². The number of aromatic nitrogens is 1. The predicted molar refractivity (Wildman–Crippen MR) is 165 cm³/mol. The molecule has 9 heteroatoms. The number of fused-ring (bicyclic) bond motifs is 1.